The predicted octanol–water partition coefficient (Wildman–Crippen LogP) is 1.59. The number of hydrogen-bond acceptors (Lipinski definition) is 5. The second kappa shape index (κ2) is 4.59. The van der Waals surface area contributed by atoms with Gasteiger partial charge in [-0.3, -0.25) is 14.9 Å². The van der Waals surface area contributed by atoms with Crippen LogP contribution in [-0.2, 0) is 0 Å². The van der Waals surface area contributed by atoms with Crippen LogP contribution in [0.15, 0.2) is 12.1 Å². The summed E-state index contributed by atoms with van der Waals surface area (Å²) in [6.07, 6.45) is 0. The summed E-state index contributed by atoms with van der Waals surface area (Å²) in [5.41, 5.74) is -1.42. The highest BCUT2D eigenvalue weighted by atomic mass is 35.5. The third-order valence-corrected chi connectivity index (χ3v) is 2.12. The van der Waals surface area contributed by atoms with Gasteiger partial charge in [0.2, 0.25) is 0 Å². The lowest BCUT2D eigenvalue weighted by Gasteiger charge is -2.02. The number of benzene rings is 1. The Kier molecular flexibility index (Phi) is 3.43. The van der Waals surface area contributed by atoms with Crippen molar-refractivity contribution in [2.24, 2.45) is 0 Å². The van der Waals surface area contributed by atoms with Crippen molar-refractivity contribution in [3.05, 3.63) is 33.4 Å². The van der Waals surface area contributed by atoms with E-state index >= 15 is 0 Å². The summed E-state index contributed by atoms with van der Waals surface area (Å²) in [6, 6.07) is 3.64. The van der Waals surface area contributed by atoms with Crippen LogP contribution in [0.1, 0.15) is 15.9 Å². The van der Waals surface area contributed by atoms with Crippen molar-refractivity contribution >= 4 is 23.1 Å². The number of hydrogen-bond donors (Lipinski definition) is 1. The van der Waals surface area contributed by atoms with Crippen molar-refractivity contribution in [3.63, 3.8) is 0 Å². The molecule has 6 nitrogen and oxygen atoms in total. The minimum atomic E-state index is -0.918. The van der Waals surface area contributed by atoms with E-state index in [1.54, 1.807) is 0 Å². The number of ketones is 1. The fourth-order valence-electron chi connectivity index (χ4n) is 1.18. The van der Waals surface area contributed by atoms with Gasteiger partial charge >= 0.3 is 5.69 Å². The molecule has 1 aromatic carbocycles. The zero-order chi connectivity index (χ0) is 12.3. The SMILES string of the molecule is N#Cc1c(C(=O)CCl)ccc(O)c1[N+](=O)[O-]. The molecule has 0 aliphatic carbocycles. The van der Waals surface area contributed by atoms with Crippen LogP contribution in [0.3, 0.4) is 0 Å². The van der Waals surface area contributed by atoms with Crippen LogP contribution in [0.2, 0.25) is 0 Å². The standard InChI is InChI=1S/C9H5ClN2O4/c10-3-8(14)5-1-2-7(13)9(12(15)16)6(5)4-11/h1-2,13H,3H2. The number of nitriles is 1. The average molecular weight is 241 g/mol. The second-order valence-electron chi connectivity index (χ2n) is 2.78. The zero-order valence-electron chi connectivity index (χ0n) is 7.81. The average Bonchev–Trinajstić information content (AvgIpc) is 2.26. The van der Waals surface area contributed by atoms with Crippen LogP contribution in [0.5, 0.6) is 5.75 Å². The van der Waals surface area contributed by atoms with Crippen molar-refractivity contribution in [3.8, 4) is 11.8 Å². The molecule has 0 saturated heterocycles. The van der Waals surface area contributed by atoms with E-state index in [1.165, 1.54) is 6.07 Å². The van der Waals surface area contributed by atoms with Crippen molar-refractivity contribution in [2.75, 3.05) is 5.88 Å². The molecule has 0 atom stereocenters. The number of rotatable bonds is 3. The molecule has 0 aromatic heterocycles. The van der Waals surface area contributed by atoms with E-state index in [0.717, 1.165) is 12.1 Å². The molecule has 7 heteroatoms. The Morgan fingerprint density at radius 3 is 2.69 bits per heavy atom. The lowest BCUT2D eigenvalue weighted by atomic mass is 10.0. The number of carbonyl (C=O) groups is 1. The number of phenols is 1. The Morgan fingerprint density at radius 2 is 2.25 bits per heavy atom. The first kappa shape index (κ1) is 11.9. The number of carbonyl (C=O) groups excluding carboxylic acids is 1. The van der Waals surface area contributed by atoms with E-state index in [2.05, 4.69) is 0 Å². The number of alkyl halides is 1. The molecule has 0 aliphatic heterocycles. The van der Waals surface area contributed by atoms with Crippen LogP contribution in [0.4, 0.5) is 5.69 Å². The van der Waals surface area contributed by atoms with Gasteiger partial charge < -0.3 is 5.11 Å². The van der Waals surface area contributed by atoms with Crippen LogP contribution in [0.25, 0.3) is 0 Å². The van der Waals surface area contributed by atoms with Gasteiger partial charge in [0.1, 0.15) is 11.6 Å². The second-order valence-corrected chi connectivity index (χ2v) is 3.05. The summed E-state index contributed by atoms with van der Waals surface area (Å²) in [5.74, 6) is -1.66. The van der Waals surface area contributed by atoms with Crippen molar-refractivity contribution in [1.29, 1.82) is 5.26 Å². The van der Waals surface area contributed by atoms with Gasteiger partial charge in [-0.2, -0.15) is 5.26 Å². The number of nitro groups is 1. The highest BCUT2D eigenvalue weighted by molar-refractivity contribution is 6.30. The fraction of sp³-hybridized carbons (Fsp3) is 0.111. The molecule has 1 aromatic rings. The van der Waals surface area contributed by atoms with Gasteiger partial charge in [-0.05, 0) is 12.1 Å². The third-order valence-electron chi connectivity index (χ3n) is 1.87. The maximum Gasteiger partial charge on any atom is 0.329 e. The lowest BCUT2D eigenvalue weighted by Crippen LogP contribution is -2.06. The van der Waals surface area contributed by atoms with Crippen LogP contribution in [0, 0.1) is 21.4 Å². The van der Waals surface area contributed by atoms with Gasteiger partial charge in [-0.1, -0.05) is 0 Å². The fourth-order valence-corrected chi connectivity index (χ4v) is 1.33. The predicted molar refractivity (Wildman–Crippen MR) is 54.5 cm³/mol. The summed E-state index contributed by atoms with van der Waals surface area (Å²) in [7, 11) is 0. The van der Waals surface area contributed by atoms with Gasteiger partial charge in [-0.15, -0.1) is 11.6 Å². The van der Waals surface area contributed by atoms with Crippen LogP contribution < -0.4 is 0 Å². The quantitative estimate of drug-likeness (QED) is 0.374. The Morgan fingerprint density at radius 1 is 1.62 bits per heavy atom. The number of halogens is 1. The van der Waals surface area contributed by atoms with Crippen molar-refractivity contribution < 1.29 is 14.8 Å². The number of nitro benzene ring substituents is 1. The highest BCUT2D eigenvalue weighted by Crippen LogP contribution is 2.31. The van der Waals surface area contributed by atoms with Crippen LogP contribution >= 0.6 is 11.6 Å². The molecule has 1 N–H and O–H groups in total. The van der Waals surface area contributed by atoms with Crippen molar-refractivity contribution in [1.82, 2.24) is 0 Å². The number of aromatic hydroxyl groups is 1. The Balaban J connectivity index is 3.57. The lowest BCUT2D eigenvalue weighted by molar-refractivity contribution is -0.386. The van der Waals surface area contributed by atoms with Gasteiger partial charge in [0.05, 0.1) is 10.8 Å². The monoisotopic (exact) mass is 240 g/mol. The first-order chi connectivity index (χ1) is 7.52. The summed E-state index contributed by atoms with van der Waals surface area (Å²) in [5, 5.41) is 28.6. The molecular weight excluding hydrogens is 236 g/mol. The smallest absolute Gasteiger partial charge is 0.329 e. The molecule has 0 saturated carbocycles. The molecule has 0 bridgehead atoms. The molecule has 82 valence electrons. The first-order valence-electron chi connectivity index (χ1n) is 4.02. The molecule has 0 unspecified atom stereocenters. The highest BCUT2D eigenvalue weighted by Gasteiger charge is 2.25. The molecular formula is C9H5ClN2O4. The van der Waals surface area contributed by atoms with Gasteiger partial charge in [0, 0.05) is 5.56 Å². The molecule has 0 radical (unpaired) electrons. The summed E-state index contributed by atoms with van der Waals surface area (Å²) in [6.45, 7) is 0. The number of phenolic OH excluding ortho intramolecular Hbond substituents is 1. The van der Waals surface area contributed by atoms with E-state index < -0.39 is 33.6 Å². The number of nitrogens with zero attached hydrogens (tertiary/aromatic N) is 2. The van der Waals surface area contributed by atoms with E-state index in [-0.39, 0.29) is 5.56 Å². The molecule has 0 aliphatic rings. The van der Waals surface area contributed by atoms with E-state index in [4.69, 9.17) is 16.9 Å². The Labute approximate surface area is 94.8 Å². The maximum atomic E-state index is 11.3. The van der Waals surface area contributed by atoms with E-state index in [0.29, 0.717) is 0 Å². The van der Waals surface area contributed by atoms with Gasteiger partial charge in [-0.25, -0.2) is 0 Å². The molecule has 1 rings (SSSR count). The van der Waals surface area contributed by atoms with E-state index in [9.17, 15) is 20.0 Å². The minimum absolute atomic E-state index is 0.165. The normalized spacial score (nSPS) is 9.50. The minimum Gasteiger partial charge on any atom is -0.502 e. The molecule has 16 heavy (non-hydrogen) atoms. The van der Waals surface area contributed by atoms with E-state index in [1.807, 2.05) is 0 Å². The topological polar surface area (TPSA) is 104 Å². The van der Waals surface area contributed by atoms with Crippen LogP contribution in [-0.4, -0.2) is 21.7 Å². The first-order valence-corrected chi connectivity index (χ1v) is 4.56. The van der Waals surface area contributed by atoms with Gasteiger partial charge in [0.25, 0.3) is 0 Å². The Bertz CT molecular complexity index is 507. The third kappa shape index (κ3) is 1.94. The number of Topliss-reactive ketones (excluding diaryl/α,β-unsaturated/α-hetero) is 1. The zero-order valence-corrected chi connectivity index (χ0v) is 8.56. The van der Waals surface area contributed by atoms with Crippen molar-refractivity contribution in [2.45, 2.75) is 0 Å². The molecule has 0 heterocycles. The molecule has 0 fully saturated rings. The summed E-state index contributed by atoms with van der Waals surface area (Å²) in [4.78, 5) is 21.0. The molecule has 0 spiro atoms. The maximum absolute atomic E-state index is 11.3. The van der Waals surface area contributed by atoms with Gasteiger partial charge in [0.15, 0.2) is 11.5 Å². The Hall–Kier alpha value is -2.13. The largest absolute Gasteiger partial charge is 0.502 e. The summed E-state index contributed by atoms with van der Waals surface area (Å²) >= 11 is 5.30. The molecule has 0 amide bonds. The summed E-state index contributed by atoms with van der Waals surface area (Å²) < 4.78 is 0.